The molecule has 1 saturated heterocycles. The van der Waals surface area contributed by atoms with Crippen LogP contribution in [0.4, 0.5) is 5.69 Å². The Morgan fingerprint density at radius 2 is 1.86 bits per heavy atom. The fourth-order valence-electron chi connectivity index (χ4n) is 3.65. The van der Waals surface area contributed by atoms with Crippen LogP contribution in [0, 0.1) is 6.92 Å². The molecular formula is C22H27N3O3. The molecule has 28 heavy (non-hydrogen) atoms. The quantitative estimate of drug-likeness (QED) is 0.834. The summed E-state index contributed by atoms with van der Waals surface area (Å²) in [6.07, 6.45) is 0.523. The monoisotopic (exact) mass is 381 g/mol. The van der Waals surface area contributed by atoms with E-state index in [9.17, 15) is 4.79 Å². The Hall–Kier alpha value is -2.73. The summed E-state index contributed by atoms with van der Waals surface area (Å²) in [5.41, 5.74) is 3.60. The number of nitrogens with one attached hydrogen (secondary N) is 1. The second kappa shape index (κ2) is 8.52. The highest BCUT2D eigenvalue weighted by Gasteiger charge is 2.18. The number of amides is 1. The molecule has 1 N–H and O–H groups in total. The van der Waals surface area contributed by atoms with Gasteiger partial charge in [0.1, 0.15) is 0 Å². The molecule has 2 aromatic rings. The summed E-state index contributed by atoms with van der Waals surface area (Å²) in [6, 6.07) is 14.4. The SMILES string of the molecule is Cc1cccc(N2CCN(CCC(=O)NCc3ccc4c(c3)OCO4)CC2)c1. The average molecular weight is 381 g/mol. The van der Waals surface area contributed by atoms with Crippen molar-refractivity contribution in [3.05, 3.63) is 53.6 Å². The van der Waals surface area contributed by atoms with E-state index in [2.05, 4.69) is 46.3 Å². The molecule has 2 aliphatic rings. The number of ether oxygens (including phenoxy) is 2. The van der Waals surface area contributed by atoms with Gasteiger partial charge in [0.15, 0.2) is 11.5 Å². The highest BCUT2D eigenvalue weighted by Crippen LogP contribution is 2.32. The Morgan fingerprint density at radius 3 is 2.68 bits per heavy atom. The number of fused-ring (bicyclic) bond motifs is 1. The van der Waals surface area contributed by atoms with Crippen molar-refractivity contribution in [2.24, 2.45) is 0 Å². The molecule has 0 unspecified atom stereocenters. The third-order valence-electron chi connectivity index (χ3n) is 5.32. The zero-order chi connectivity index (χ0) is 19.3. The molecule has 0 saturated carbocycles. The number of piperazine rings is 1. The van der Waals surface area contributed by atoms with Crippen LogP contribution in [0.3, 0.4) is 0 Å². The molecule has 4 rings (SSSR count). The molecule has 0 spiro atoms. The Bertz CT molecular complexity index is 832. The maximum atomic E-state index is 12.2. The van der Waals surface area contributed by atoms with E-state index in [4.69, 9.17) is 9.47 Å². The highest BCUT2D eigenvalue weighted by atomic mass is 16.7. The summed E-state index contributed by atoms with van der Waals surface area (Å²) in [7, 11) is 0. The minimum atomic E-state index is 0.0822. The predicted octanol–water partition coefficient (Wildman–Crippen LogP) is 2.55. The molecule has 6 heteroatoms. The topological polar surface area (TPSA) is 54.0 Å². The second-order valence-corrected chi connectivity index (χ2v) is 7.38. The molecule has 148 valence electrons. The standard InChI is InChI=1S/C22H27N3O3/c1-17-3-2-4-19(13-17)25-11-9-24(10-12-25)8-7-22(26)23-15-18-5-6-20-21(14-18)28-16-27-20/h2-6,13-14H,7-12,15-16H2,1H3,(H,23,26). The van der Waals surface area contributed by atoms with Crippen LogP contribution in [0.15, 0.2) is 42.5 Å². The molecule has 0 aliphatic carbocycles. The van der Waals surface area contributed by atoms with Crippen molar-refractivity contribution < 1.29 is 14.3 Å². The Balaban J connectivity index is 1.17. The first-order valence-corrected chi connectivity index (χ1v) is 9.86. The maximum absolute atomic E-state index is 12.2. The molecule has 1 fully saturated rings. The van der Waals surface area contributed by atoms with Gasteiger partial charge < -0.3 is 19.7 Å². The molecule has 2 aliphatic heterocycles. The fraction of sp³-hybridized carbons (Fsp3) is 0.409. The molecule has 0 bridgehead atoms. The van der Waals surface area contributed by atoms with Gasteiger partial charge in [0.2, 0.25) is 12.7 Å². The van der Waals surface area contributed by atoms with Crippen LogP contribution in [0.2, 0.25) is 0 Å². The minimum absolute atomic E-state index is 0.0822. The zero-order valence-electron chi connectivity index (χ0n) is 16.3. The van der Waals surface area contributed by atoms with Crippen LogP contribution >= 0.6 is 0 Å². The first-order valence-electron chi connectivity index (χ1n) is 9.86. The van der Waals surface area contributed by atoms with Crippen molar-refractivity contribution in [3.63, 3.8) is 0 Å². The molecule has 2 heterocycles. The van der Waals surface area contributed by atoms with Crippen LogP contribution in [0.1, 0.15) is 17.5 Å². The fourth-order valence-corrected chi connectivity index (χ4v) is 3.65. The Labute approximate surface area is 166 Å². The van der Waals surface area contributed by atoms with Gasteiger partial charge in [-0.05, 0) is 42.3 Å². The van der Waals surface area contributed by atoms with E-state index in [0.29, 0.717) is 13.0 Å². The van der Waals surface area contributed by atoms with E-state index < -0.39 is 0 Å². The summed E-state index contributed by atoms with van der Waals surface area (Å²) >= 11 is 0. The van der Waals surface area contributed by atoms with Gasteiger partial charge in [-0.3, -0.25) is 9.69 Å². The first-order chi connectivity index (χ1) is 13.7. The normalized spacial score (nSPS) is 16.2. The van der Waals surface area contributed by atoms with Crippen molar-refractivity contribution in [1.82, 2.24) is 10.2 Å². The number of carbonyl (C=O) groups excluding carboxylic acids is 1. The Kier molecular flexibility index (Phi) is 5.67. The number of hydrogen-bond acceptors (Lipinski definition) is 5. The molecule has 0 atom stereocenters. The highest BCUT2D eigenvalue weighted by molar-refractivity contribution is 5.76. The van der Waals surface area contributed by atoms with E-state index >= 15 is 0 Å². The molecule has 2 aromatic carbocycles. The van der Waals surface area contributed by atoms with E-state index in [0.717, 1.165) is 49.8 Å². The molecular weight excluding hydrogens is 354 g/mol. The summed E-state index contributed by atoms with van der Waals surface area (Å²) in [4.78, 5) is 17.0. The van der Waals surface area contributed by atoms with Crippen LogP contribution in [0.5, 0.6) is 11.5 Å². The van der Waals surface area contributed by atoms with Crippen molar-refractivity contribution >= 4 is 11.6 Å². The van der Waals surface area contributed by atoms with Gasteiger partial charge in [0.25, 0.3) is 0 Å². The van der Waals surface area contributed by atoms with Gasteiger partial charge in [-0.1, -0.05) is 18.2 Å². The van der Waals surface area contributed by atoms with Crippen molar-refractivity contribution in [3.8, 4) is 11.5 Å². The van der Waals surface area contributed by atoms with E-state index in [1.807, 2.05) is 18.2 Å². The van der Waals surface area contributed by atoms with Gasteiger partial charge in [-0.2, -0.15) is 0 Å². The third-order valence-corrected chi connectivity index (χ3v) is 5.32. The lowest BCUT2D eigenvalue weighted by molar-refractivity contribution is -0.121. The van der Waals surface area contributed by atoms with Crippen LogP contribution in [-0.2, 0) is 11.3 Å². The summed E-state index contributed by atoms with van der Waals surface area (Å²) in [6.45, 7) is 7.69. The van der Waals surface area contributed by atoms with Crippen LogP contribution < -0.4 is 19.7 Å². The molecule has 0 radical (unpaired) electrons. The van der Waals surface area contributed by atoms with Gasteiger partial charge in [-0.15, -0.1) is 0 Å². The summed E-state index contributed by atoms with van der Waals surface area (Å²) in [5, 5.41) is 3.00. The van der Waals surface area contributed by atoms with Crippen molar-refractivity contribution in [2.75, 3.05) is 44.4 Å². The van der Waals surface area contributed by atoms with Gasteiger partial charge >= 0.3 is 0 Å². The van der Waals surface area contributed by atoms with Gasteiger partial charge in [-0.25, -0.2) is 0 Å². The number of rotatable bonds is 6. The maximum Gasteiger partial charge on any atom is 0.231 e. The summed E-state index contributed by atoms with van der Waals surface area (Å²) < 4.78 is 10.7. The van der Waals surface area contributed by atoms with Crippen LogP contribution in [-0.4, -0.2) is 50.3 Å². The molecule has 6 nitrogen and oxygen atoms in total. The second-order valence-electron chi connectivity index (χ2n) is 7.38. The predicted molar refractivity (Wildman–Crippen MR) is 109 cm³/mol. The first kappa shape index (κ1) is 18.6. The number of hydrogen-bond donors (Lipinski definition) is 1. The number of anilines is 1. The van der Waals surface area contributed by atoms with Gasteiger partial charge in [0.05, 0.1) is 0 Å². The number of nitrogens with zero attached hydrogens (tertiary/aromatic N) is 2. The lowest BCUT2D eigenvalue weighted by Crippen LogP contribution is -2.47. The van der Waals surface area contributed by atoms with Crippen molar-refractivity contribution in [2.45, 2.75) is 19.9 Å². The minimum Gasteiger partial charge on any atom is -0.454 e. The lowest BCUT2D eigenvalue weighted by Gasteiger charge is -2.36. The largest absolute Gasteiger partial charge is 0.454 e. The smallest absolute Gasteiger partial charge is 0.231 e. The Morgan fingerprint density at radius 1 is 1.04 bits per heavy atom. The van der Waals surface area contributed by atoms with E-state index in [1.165, 1.54) is 11.3 Å². The zero-order valence-corrected chi connectivity index (χ0v) is 16.3. The lowest BCUT2D eigenvalue weighted by atomic mass is 10.2. The van der Waals surface area contributed by atoms with Crippen LogP contribution in [0.25, 0.3) is 0 Å². The van der Waals surface area contributed by atoms with E-state index in [-0.39, 0.29) is 12.7 Å². The molecule has 1 amide bonds. The van der Waals surface area contributed by atoms with E-state index in [1.54, 1.807) is 0 Å². The summed E-state index contributed by atoms with van der Waals surface area (Å²) in [5.74, 6) is 1.59. The van der Waals surface area contributed by atoms with Gasteiger partial charge in [0, 0.05) is 51.4 Å². The average Bonchev–Trinajstić information content (AvgIpc) is 3.19. The third kappa shape index (κ3) is 4.57. The number of carbonyl (C=O) groups is 1. The molecule has 0 aromatic heterocycles. The number of benzene rings is 2. The number of aryl methyl sites for hydroxylation is 1. The van der Waals surface area contributed by atoms with Crippen molar-refractivity contribution in [1.29, 1.82) is 0 Å².